The Hall–Kier alpha value is -1.48. The van der Waals surface area contributed by atoms with E-state index in [9.17, 15) is 4.79 Å². The lowest BCUT2D eigenvalue weighted by atomic mass is 9.94. The van der Waals surface area contributed by atoms with Crippen LogP contribution in [-0.4, -0.2) is 10.8 Å². The van der Waals surface area contributed by atoms with E-state index in [1.807, 2.05) is 18.2 Å². The second-order valence-corrected chi connectivity index (χ2v) is 7.67. The number of Topliss-reactive ketones (excluding diaryl/α,β-unsaturated/α-hetero) is 1. The van der Waals surface area contributed by atoms with Crippen molar-refractivity contribution in [2.75, 3.05) is 0 Å². The van der Waals surface area contributed by atoms with Crippen molar-refractivity contribution in [3.63, 3.8) is 0 Å². The number of carbonyl (C=O) groups excluding carboxylic acids is 1. The molecule has 1 aliphatic carbocycles. The first-order valence-electron chi connectivity index (χ1n) is 8.17. The third kappa shape index (κ3) is 3.46. The molecule has 2 aromatic rings. The fourth-order valence-electron chi connectivity index (χ4n) is 3.22. The number of thiazole rings is 1. The molecule has 1 aliphatic rings. The SMILES string of the molecule is CC(C)C1CCc2sc(CC(=O)CCc3ccccc3)nc21. The minimum absolute atomic E-state index is 0.303. The van der Waals surface area contributed by atoms with E-state index >= 15 is 0 Å². The number of aromatic nitrogens is 1. The summed E-state index contributed by atoms with van der Waals surface area (Å²) >= 11 is 1.76. The van der Waals surface area contributed by atoms with Gasteiger partial charge in [-0.05, 0) is 30.7 Å². The largest absolute Gasteiger partial charge is 0.299 e. The summed E-state index contributed by atoms with van der Waals surface area (Å²) in [6.07, 6.45) is 4.33. The molecule has 1 heterocycles. The lowest BCUT2D eigenvalue weighted by Crippen LogP contribution is -2.06. The number of carbonyl (C=O) groups is 1. The fourth-order valence-corrected chi connectivity index (χ4v) is 4.40. The van der Waals surface area contributed by atoms with Crippen LogP contribution in [0.4, 0.5) is 0 Å². The molecule has 0 radical (unpaired) electrons. The molecule has 3 heteroatoms. The van der Waals surface area contributed by atoms with Gasteiger partial charge in [0.05, 0.1) is 12.1 Å². The maximum Gasteiger partial charge on any atom is 0.140 e. The molecule has 0 amide bonds. The van der Waals surface area contributed by atoms with Gasteiger partial charge in [-0.1, -0.05) is 44.2 Å². The molecule has 3 rings (SSSR count). The Kier molecular flexibility index (Phi) is 4.72. The van der Waals surface area contributed by atoms with Crippen LogP contribution in [0, 0.1) is 5.92 Å². The molecule has 0 aliphatic heterocycles. The minimum atomic E-state index is 0.303. The van der Waals surface area contributed by atoms with Gasteiger partial charge < -0.3 is 0 Å². The van der Waals surface area contributed by atoms with Crippen LogP contribution >= 0.6 is 11.3 Å². The van der Waals surface area contributed by atoms with Gasteiger partial charge >= 0.3 is 0 Å². The molecule has 0 N–H and O–H groups in total. The molecule has 1 aromatic carbocycles. The van der Waals surface area contributed by atoms with Crippen molar-refractivity contribution in [3.8, 4) is 0 Å². The quantitative estimate of drug-likeness (QED) is 0.781. The van der Waals surface area contributed by atoms with Gasteiger partial charge in [-0.3, -0.25) is 4.79 Å². The Morgan fingerprint density at radius 1 is 1.32 bits per heavy atom. The first kappa shape index (κ1) is 15.4. The zero-order valence-corrected chi connectivity index (χ0v) is 14.2. The molecule has 0 saturated carbocycles. The molecule has 0 bridgehead atoms. The molecule has 0 fully saturated rings. The monoisotopic (exact) mass is 313 g/mol. The van der Waals surface area contributed by atoms with Gasteiger partial charge in [0.2, 0.25) is 0 Å². The fraction of sp³-hybridized carbons (Fsp3) is 0.474. The molecule has 2 nitrogen and oxygen atoms in total. The average Bonchev–Trinajstić information content (AvgIpc) is 3.05. The highest BCUT2D eigenvalue weighted by molar-refractivity contribution is 7.11. The number of ketones is 1. The number of nitrogens with zero attached hydrogens (tertiary/aromatic N) is 1. The first-order valence-corrected chi connectivity index (χ1v) is 8.99. The Morgan fingerprint density at radius 2 is 2.09 bits per heavy atom. The third-order valence-corrected chi connectivity index (χ3v) is 5.62. The molecule has 1 aromatic heterocycles. The smallest absolute Gasteiger partial charge is 0.140 e. The molecule has 1 unspecified atom stereocenters. The van der Waals surface area contributed by atoms with Crippen LogP contribution in [0.2, 0.25) is 0 Å². The van der Waals surface area contributed by atoms with Crippen molar-refractivity contribution < 1.29 is 4.79 Å². The third-order valence-electron chi connectivity index (χ3n) is 4.49. The standard InChI is InChI=1S/C19H23NOS/c1-13(2)16-10-11-17-19(16)20-18(22-17)12-15(21)9-8-14-6-4-3-5-7-14/h3-7,13,16H,8-12H2,1-2H3. The van der Waals surface area contributed by atoms with E-state index in [0.29, 0.717) is 30.5 Å². The Balaban J connectivity index is 1.58. The Morgan fingerprint density at radius 3 is 2.82 bits per heavy atom. The van der Waals surface area contributed by atoms with E-state index in [0.717, 1.165) is 17.8 Å². The Bertz CT molecular complexity index is 645. The number of rotatable bonds is 6. The number of aryl methyl sites for hydroxylation is 2. The zero-order chi connectivity index (χ0) is 15.5. The van der Waals surface area contributed by atoms with E-state index < -0.39 is 0 Å². The number of hydrogen-bond acceptors (Lipinski definition) is 3. The van der Waals surface area contributed by atoms with Gasteiger partial charge in [-0.15, -0.1) is 11.3 Å². The van der Waals surface area contributed by atoms with E-state index in [2.05, 4.69) is 26.0 Å². The second-order valence-electron chi connectivity index (χ2n) is 6.51. The first-order chi connectivity index (χ1) is 10.6. The van der Waals surface area contributed by atoms with Crippen molar-refractivity contribution in [1.82, 2.24) is 4.98 Å². The average molecular weight is 313 g/mol. The van der Waals surface area contributed by atoms with Crippen LogP contribution in [0.15, 0.2) is 30.3 Å². The molecule has 1 atom stereocenters. The highest BCUT2D eigenvalue weighted by atomic mass is 32.1. The maximum absolute atomic E-state index is 12.2. The van der Waals surface area contributed by atoms with Gasteiger partial charge in [0.1, 0.15) is 10.8 Å². The lowest BCUT2D eigenvalue weighted by Gasteiger charge is -2.12. The summed E-state index contributed by atoms with van der Waals surface area (Å²) in [5, 5.41) is 1.02. The predicted octanol–water partition coefficient (Wildman–Crippen LogP) is 4.57. The van der Waals surface area contributed by atoms with Gasteiger partial charge in [-0.2, -0.15) is 0 Å². The summed E-state index contributed by atoms with van der Waals surface area (Å²) in [4.78, 5) is 18.4. The van der Waals surface area contributed by atoms with E-state index in [1.165, 1.54) is 22.6 Å². The van der Waals surface area contributed by atoms with E-state index in [4.69, 9.17) is 4.98 Å². The summed E-state index contributed by atoms with van der Waals surface area (Å²) in [6.45, 7) is 4.54. The molecule has 22 heavy (non-hydrogen) atoms. The Labute approximate surface area is 136 Å². The zero-order valence-electron chi connectivity index (χ0n) is 13.3. The summed E-state index contributed by atoms with van der Waals surface area (Å²) in [5.41, 5.74) is 2.52. The van der Waals surface area contributed by atoms with Gasteiger partial charge in [-0.25, -0.2) is 4.98 Å². The lowest BCUT2D eigenvalue weighted by molar-refractivity contribution is -0.118. The predicted molar refractivity (Wildman–Crippen MR) is 91.5 cm³/mol. The number of hydrogen-bond donors (Lipinski definition) is 0. The highest BCUT2D eigenvalue weighted by Crippen LogP contribution is 2.40. The van der Waals surface area contributed by atoms with Crippen molar-refractivity contribution in [2.45, 2.75) is 51.9 Å². The molecule has 0 spiro atoms. The van der Waals surface area contributed by atoms with Gasteiger partial charge in [0, 0.05) is 17.2 Å². The van der Waals surface area contributed by atoms with Crippen molar-refractivity contribution in [3.05, 3.63) is 51.5 Å². The highest BCUT2D eigenvalue weighted by Gasteiger charge is 2.29. The molecule has 0 saturated heterocycles. The van der Waals surface area contributed by atoms with Gasteiger partial charge in [0.25, 0.3) is 0 Å². The second kappa shape index (κ2) is 6.74. The maximum atomic E-state index is 12.2. The van der Waals surface area contributed by atoms with Crippen LogP contribution in [0.5, 0.6) is 0 Å². The van der Waals surface area contributed by atoms with Crippen molar-refractivity contribution in [1.29, 1.82) is 0 Å². The summed E-state index contributed by atoms with van der Waals surface area (Å²) < 4.78 is 0. The van der Waals surface area contributed by atoms with Crippen LogP contribution in [0.25, 0.3) is 0 Å². The van der Waals surface area contributed by atoms with Crippen LogP contribution in [-0.2, 0) is 24.1 Å². The number of fused-ring (bicyclic) bond motifs is 1. The van der Waals surface area contributed by atoms with Crippen LogP contribution < -0.4 is 0 Å². The van der Waals surface area contributed by atoms with Crippen LogP contribution in [0.1, 0.15) is 53.7 Å². The summed E-state index contributed by atoms with van der Waals surface area (Å²) in [7, 11) is 0. The van der Waals surface area contributed by atoms with Crippen LogP contribution in [0.3, 0.4) is 0 Å². The summed E-state index contributed by atoms with van der Waals surface area (Å²) in [5.74, 6) is 1.54. The van der Waals surface area contributed by atoms with E-state index in [-0.39, 0.29) is 0 Å². The topological polar surface area (TPSA) is 30.0 Å². The molecular weight excluding hydrogens is 290 g/mol. The summed E-state index contributed by atoms with van der Waals surface area (Å²) in [6, 6.07) is 10.2. The molecular formula is C19H23NOS. The van der Waals surface area contributed by atoms with Gasteiger partial charge in [0.15, 0.2) is 0 Å². The number of benzene rings is 1. The van der Waals surface area contributed by atoms with Crippen molar-refractivity contribution >= 4 is 17.1 Å². The normalized spacial score (nSPS) is 17.0. The molecule has 116 valence electrons. The van der Waals surface area contributed by atoms with Crippen molar-refractivity contribution in [2.24, 2.45) is 5.92 Å². The van der Waals surface area contributed by atoms with E-state index in [1.54, 1.807) is 11.3 Å². The minimum Gasteiger partial charge on any atom is -0.299 e.